The molecule has 3 N–H and O–H groups in total. The fraction of sp³-hybridized carbons (Fsp3) is 0.588. The molecule has 1 aromatic carbocycles. The molecule has 2 unspecified atom stereocenters. The molecular formula is C17H26N2O2. The quantitative estimate of drug-likeness (QED) is 0.896. The summed E-state index contributed by atoms with van der Waals surface area (Å²) in [7, 11) is 0. The lowest BCUT2D eigenvalue weighted by atomic mass is 9.93. The lowest BCUT2D eigenvalue weighted by Gasteiger charge is -2.19. The Labute approximate surface area is 127 Å². The summed E-state index contributed by atoms with van der Waals surface area (Å²) >= 11 is 0. The van der Waals surface area contributed by atoms with Crippen molar-refractivity contribution >= 4 is 11.6 Å². The second-order valence-corrected chi connectivity index (χ2v) is 6.45. The third-order valence-electron chi connectivity index (χ3n) is 4.08. The fourth-order valence-corrected chi connectivity index (χ4v) is 2.60. The smallest absolute Gasteiger partial charge is 0.231 e. The van der Waals surface area contributed by atoms with Crippen LogP contribution in [0.25, 0.3) is 0 Å². The van der Waals surface area contributed by atoms with Gasteiger partial charge in [-0.1, -0.05) is 39.8 Å². The highest BCUT2D eigenvalue weighted by Crippen LogP contribution is 2.29. The van der Waals surface area contributed by atoms with Crippen LogP contribution >= 0.6 is 0 Å². The number of carbonyl (C=O) groups excluding carboxylic acids is 1. The number of nitrogens with one attached hydrogen (secondary N) is 1. The number of benzene rings is 1. The molecule has 0 aromatic heterocycles. The maximum absolute atomic E-state index is 12.3. The Morgan fingerprint density at radius 2 is 1.95 bits per heavy atom. The standard InChI is InChI=1S/C17H26N2O2/c1-10(2)12-5-6-16(13(7-12)11(3)4)19-17(20)14-8-21-9-15(14)18/h5-7,10-11,14-15H,8-9,18H2,1-4H3,(H,19,20). The number of amides is 1. The van der Waals surface area contributed by atoms with Crippen LogP contribution in [0.5, 0.6) is 0 Å². The predicted octanol–water partition coefficient (Wildman–Crippen LogP) is 2.85. The predicted molar refractivity (Wildman–Crippen MR) is 85.5 cm³/mol. The van der Waals surface area contributed by atoms with Crippen molar-refractivity contribution in [3.63, 3.8) is 0 Å². The first-order valence-electron chi connectivity index (χ1n) is 7.68. The summed E-state index contributed by atoms with van der Waals surface area (Å²) in [6.07, 6.45) is 0. The summed E-state index contributed by atoms with van der Waals surface area (Å²) < 4.78 is 5.27. The van der Waals surface area contributed by atoms with Gasteiger partial charge in [-0.25, -0.2) is 0 Å². The van der Waals surface area contributed by atoms with Crippen LogP contribution in [0.3, 0.4) is 0 Å². The monoisotopic (exact) mass is 290 g/mol. The molecule has 0 saturated carbocycles. The fourth-order valence-electron chi connectivity index (χ4n) is 2.60. The van der Waals surface area contributed by atoms with Crippen LogP contribution < -0.4 is 11.1 Å². The first-order chi connectivity index (χ1) is 9.90. The zero-order valence-corrected chi connectivity index (χ0v) is 13.3. The molecule has 1 heterocycles. The Balaban J connectivity index is 2.21. The maximum Gasteiger partial charge on any atom is 0.231 e. The van der Waals surface area contributed by atoms with Crippen molar-refractivity contribution in [2.45, 2.75) is 45.6 Å². The third kappa shape index (κ3) is 3.63. The first-order valence-corrected chi connectivity index (χ1v) is 7.68. The number of hydrogen-bond acceptors (Lipinski definition) is 3. The van der Waals surface area contributed by atoms with Crippen LogP contribution in [0.15, 0.2) is 18.2 Å². The Hall–Kier alpha value is -1.39. The van der Waals surface area contributed by atoms with E-state index in [4.69, 9.17) is 10.5 Å². The number of carbonyl (C=O) groups is 1. The second-order valence-electron chi connectivity index (χ2n) is 6.45. The van der Waals surface area contributed by atoms with E-state index in [9.17, 15) is 4.79 Å². The summed E-state index contributed by atoms with van der Waals surface area (Å²) in [6.45, 7) is 9.49. The van der Waals surface area contributed by atoms with E-state index in [0.717, 1.165) is 5.69 Å². The van der Waals surface area contributed by atoms with Crippen molar-refractivity contribution < 1.29 is 9.53 Å². The average Bonchev–Trinajstić information content (AvgIpc) is 2.85. The van der Waals surface area contributed by atoms with Crippen LogP contribution in [0, 0.1) is 5.92 Å². The molecule has 2 rings (SSSR count). The Morgan fingerprint density at radius 1 is 1.24 bits per heavy atom. The van der Waals surface area contributed by atoms with E-state index in [1.807, 2.05) is 6.07 Å². The van der Waals surface area contributed by atoms with Gasteiger partial charge in [0.05, 0.1) is 19.1 Å². The largest absolute Gasteiger partial charge is 0.379 e. The number of anilines is 1. The molecule has 0 aliphatic carbocycles. The van der Waals surface area contributed by atoms with Crippen LogP contribution in [-0.2, 0) is 9.53 Å². The molecule has 2 atom stereocenters. The van der Waals surface area contributed by atoms with Gasteiger partial charge < -0.3 is 15.8 Å². The van der Waals surface area contributed by atoms with Gasteiger partial charge in [0.2, 0.25) is 5.91 Å². The lowest BCUT2D eigenvalue weighted by Crippen LogP contribution is -2.37. The van der Waals surface area contributed by atoms with Crippen LogP contribution in [0.2, 0.25) is 0 Å². The molecule has 1 amide bonds. The molecule has 4 nitrogen and oxygen atoms in total. The van der Waals surface area contributed by atoms with Gasteiger partial charge in [-0.2, -0.15) is 0 Å². The molecule has 116 valence electrons. The van der Waals surface area contributed by atoms with Gasteiger partial charge >= 0.3 is 0 Å². The number of nitrogens with two attached hydrogens (primary N) is 1. The van der Waals surface area contributed by atoms with E-state index in [1.54, 1.807) is 0 Å². The second kappa shape index (κ2) is 6.58. The minimum Gasteiger partial charge on any atom is -0.379 e. The van der Waals surface area contributed by atoms with Crippen molar-refractivity contribution in [2.24, 2.45) is 11.7 Å². The highest BCUT2D eigenvalue weighted by molar-refractivity contribution is 5.94. The maximum atomic E-state index is 12.3. The Morgan fingerprint density at radius 3 is 2.48 bits per heavy atom. The molecule has 0 bridgehead atoms. The first kappa shape index (κ1) is 16.0. The third-order valence-corrected chi connectivity index (χ3v) is 4.08. The number of hydrogen-bond donors (Lipinski definition) is 2. The molecule has 1 saturated heterocycles. The highest BCUT2D eigenvalue weighted by Gasteiger charge is 2.31. The Kier molecular flexibility index (Phi) is 5.01. The molecule has 1 fully saturated rings. The zero-order valence-electron chi connectivity index (χ0n) is 13.3. The minimum atomic E-state index is -0.255. The zero-order chi connectivity index (χ0) is 15.6. The summed E-state index contributed by atoms with van der Waals surface area (Å²) in [5.41, 5.74) is 9.25. The van der Waals surface area contributed by atoms with Gasteiger partial charge in [0.1, 0.15) is 0 Å². The van der Waals surface area contributed by atoms with Crippen LogP contribution in [0.4, 0.5) is 5.69 Å². The molecular weight excluding hydrogens is 264 g/mol. The molecule has 1 aliphatic heterocycles. The molecule has 0 radical (unpaired) electrons. The van der Waals surface area contributed by atoms with Gasteiger partial charge in [-0.15, -0.1) is 0 Å². The van der Waals surface area contributed by atoms with E-state index in [2.05, 4.69) is 45.1 Å². The van der Waals surface area contributed by atoms with Crippen molar-refractivity contribution in [1.82, 2.24) is 0 Å². The van der Waals surface area contributed by atoms with E-state index >= 15 is 0 Å². The van der Waals surface area contributed by atoms with Gasteiger partial charge in [-0.3, -0.25) is 4.79 Å². The summed E-state index contributed by atoms with van der Waals surface area (Å²) in [5.74, 6) is 0.533. The minimum absolute atomic E-state index is 0.0424. The average molecular weight is 290 g/mol. The van der Waals surface area contributed by atoms with Gasteiger partial charge in [0.25, 0.3) is 0 Å². The summed E-state index contributed by atoms with van der Waals surface area (Å²) in [4.78, 5) is 12.3. The lowest BCUT2D eigenvalue weighted by molar-refractivity contribution is -0.120. The molecule has 4 heteroatoms. The highest BCUT2D eigenvalue weighted by atomic mass is 16.5. The van der Waals surface area contributed by atoms with Crippen molar-refractivity contribution in [3.05, 3.63) is 29.3 Å². The van der Waals surface area contributed by atoms with Gasteiger partial charge in [0, 0.05) is 11.7 Å². The van der Waals surface area contributed by atoms with Crippen LogP contribution in [-0.4, -0.2) is 25.2 Å². The van der Waals surface area contributed by atoms with Crippen molar-refractivity contribution in [1.29, 1.82) is 0 Å². The summed E-state index contributed by atoms with van der Waals surface area (Å²) in [6, 6.07) is 6.07. The molecule has 1 aromatic rings. The van der Waals surface area contributed by atoms with E-state index in [0.29, 0.717) is 25.0 Å². The van der Waals surface area contributed by atoms with Crippen molar-refractivity contribution in [2.75, 3.05) is 18.5 Å². The Bertz CT molecular complexity index is 512. The van der Waals surface area contributed by atoms with Gasteiger partial charge in [-0.05, 0) is 29.0 Å². The van der Waals surface area contributed by atoms with E-state index in [-0.39, 0.29) is 17.9 Å². The molecule has 1 aliphatic rings. The van der Waals surface area contributed by atoms with Crippen molar-refractivity contribution in [3.8, 4) is 0 Å². The molecule has 21 heavy (non-hydrogen) atoms. The number of rotatable bonds is 4. The molecule has 0 spiro atoms. The summed E-state index contributed by atoms with van der Waals surface area (Å²) in [5, 5.41) is 3.03. The SMILES string of the molecule is CC(C)c1ccc(NC(=O)C2COCC2N)c(C(C)C)c1. The van der Waals surface area contributed by atoms with E-state index < -0.39 is 0 Å². The van der Waals surface area contributed by atoms with Gasteiger partial charge in [0.15, 0.2) is 0 Å². The normalized spacial score (nSPS) is 22.0. The van der Waals surface area contributed by atoms with Crippen LogP contribution in [0.1, 0.15) is 50.7 Å². The topological polar surface area (TPSA) is 64.3 Å². The number of ether oxygens (including phenoxy) is 1. The van der Waals surface area contributed by atoms with E-state index in [1.165, 1.54) is 11.1 Å².